The molecular weight excluding hydrogens is 456 g/mol. The van der Waals surface area contributed by atoms with Gasteiger partial charge in [-0.05, 0) is 37.1 Å². The van der Waals surface area contributed by atoms with E-state index in [-0.39, 0.29) is 11.1 Å². The third kappa shape index (κ3) is 3.98. The average Bonchev–Trinajstić information content (AvgIpc) is 3.01. The van der Waals surface area contributed by atoms with Crippen molar-refractivity contribution in [2.75, 3.05) is 18.8 Å². The first-order chi connectivity index (χ1) is 15.3. The molecule has 32 heavy (non-hydrogen) atoms. The predicted octanol–water partition coefficient (Wildman–Crippen LogP) is 3.81. The Balaban J connectivity index is 1.58. The van der Waals surface area contributed by atoms with Crippen molar-refractivity contribution in [1.82, 2.24) is 9.80 Å². The van der Waals surface area contributed by atoms with Crippen molar-refractivity contribution < 1.29 is 19.3 Å². The largest absolute Gasteiger partial charge is 0.290 e. The quantitative estimate of drug-likeness (QED) is 0.380. The van der Waals surface area contributed by atoms with Crippen LogP contribution in [0.1, 0.15) is 32.7 Å². The van der Waals surface area contributed by atoms with Gasteiger partial charge in [-0.2, -0.15) is 0 Å². The van der Waals surface area contributed by atoms with E-state index in [1.54, 1.807) is 12.1 Å². The number of halogens is 1. The van der Waals surface area contributed by atoms with E-state index < -0.39 is 34.9 Å². The monoisotopic (exact) mass is 472 g/mol. The number of nitro benzene ring substituents is 1. The number of carbonyl (C=O) groups excluding carboxylic acids is 3. The van der Waals surface area contributed by atoms with E-state index in [0.29, 0.717) is 22.4 Å². The van der Waals surface area contributed by atoms with Crippen molar-refractivity contribution in [2.24, 2.45) is 4.99 Å². The summed E-state index contributed by atoms with van der Waals surface area (Å²) in [6, 6.07) is 9.16. The van der Waals surface area contributed by atoms with E-state index >= 15 is 0 Å². The van der Waals surface area contributed by atoms with E-state index in [0.717, 1.165) is 28.7 Å². The van der Waals surface area contributed by atoms with Crippen molar-refractivity contribution in [3.05, 3.63) is 68.2 Å². The number of nitrogens with zero attached hydrogens (tertiary/aromatic N) is 4. The zero-order valence-electron chi connectivity index (χ0n) is 16.9. The number of imide groups is 1. The molecule has 2 heterocycles. The molecular formula is C21H17ClN4O5S. The summed E-state index contributed by atoms with van der Waals surface area (Å²) in [5.41, 5.74) is 0.668. The third-order valence-electron chi connectivity index (χ3n) is 5.14. The number of aliphatic imine (C=N–C) groups is 1. The highest BCUT2D eigenvalue weighted by Gasteiger charge is 2.42. The number of carbonyl (C=O) groups is 3. The van der Waals surface area contributed by atoms with Crippen molar-refractivity contribution >= 4 is 57.6 Å². The summed E-state index contributed by atoms with van der Waals surface area (Å²) in [6.45, 7) is 1.72. The Morgan fingerprint density at radius 2 is 2.03 bits per heavy atom. The van der Waals surface area contributed by atoms with Gasteiger partial charge in [0.25, 0.3) is 17.5 Å². The van der Waals surface area contributed by atoms with E-state index in [1.807, 2.05) is 13.0 Å². The van der Waals surface area contributed by atoms with Gasteiger partial charge in [0.1, 0.15) is 12.1 Å². The molecule has 0 atom stereocenters. The maximum absolute atomic E-state index is 13.1. The minimum Gasteiger partial charge on any atom is -0.290 e. The molecule has 164 valence electrons. The van der Waals surface area contributed by atoms with Crippen LogP contribution in [-0.4, -0.2) is 56.5 Å². The van der Waals surface area contributed by atoms with Gasteiger partial charge < -0.3 is 0 Å². The van der Waals surface area contributed by atoms with Gasteiger partial charge in [-0.1, -0.05) is 35.5 Å². The van der Waals surface area contributed by atoms with Crippen LogP contribution in [0, 0.1) is 17.0 Å². The fourth-order valence-corrected chi connectivity index (χ4v) is 4.63. The van der Waals surface area contributed by atoms with Crippen molar-refractivity contribution in [2.45, 2.75) is 13.3 Å². The summed E-state index contributed by atoms with van der Waals surface area (Å²) in [4.78, 5) is 55.8. The van der Waals surface area contributed by atoms with Gasteiger partial charge in [0.2, 0.25) is 5.91 Å². The molecule has 1 saturated heterocycles. The second-order valence-electron chi connectivity index (χ2n) is 7.23. The molecule has 11 heteroatoms. The molecule has 0 aromatic heterocycles. The van der Waals surface area contributed by atoms with E-state index in [1.165, 1.54) is 28.8 Å². The first-order valence-electron chi connectivity index (χ1n) is 9.69. The second-order valence-corrected chi connectivity index (χ2v) is 8.70. The van der Waals surface area contributed by atoms with Crippen molar-refractivity contribution in [1.29, 1.82) is 0 Å². The van der Waals surface area contributed by atoms with Gasteiger partial charge in [-0.15, -0.1) is 0 Å². The number of benzene rings is 2. The van der Waals surface area contributed by atoms with Crippen LogP contribution in [0.4, 0.5) is 11.4 Å². The Morgan fingerprint density at radius 3 is 2.75 bits per heavy atom. The molecule has 0 radical (unpaired) electrons. The lowest BCUT2D eigenvalue weighted by Gasteiger charge is -2.29. The zero-order chi connectivity index (χ0) is 23.0. The highest BCUT2D eigenvalue weighted by molar-refractivity contribution is 8.13. The van der Waals surface area contributed by atoms with E-state index in [4.69, 9.17) is 11.6 Å². The predicted molar refractivity (Wildman–Crippen MR) is 121 cm³/mol. The van der Waals surface area contributed by atoms with Crippen LogP contribution in [0.5, 0.6) is 0 Å². The molecule has 0 aliphatic carbocycles. The molecule has 2 aliphatic rings. The fraction of sp³-hybridized carbons (Fsp3) is 0.238. The van der Waals surface area contributed by atoms with Gasteiger partial charge in [-0.3, -0.25) is 34.3 Å². The van der Waals surface area contributed by atoms with Crippen LogP contribution in [0.3, 0.4) is 0 Å². The molecule has 0 unspecified atom stereocenters. The Hall–Kier alpha value is -3.24. The second kappa shape index (κ2) is 8.71. The number of rotatable bonds is 4. The molecule has 0 spiro atoms. The number of aryl methyl sites for hydroxylation is 1. The standard InChI is InChI=1S/C21H17ClN4O5S/c1-12-6-7-13(10-15(12)22)23-21-24(8-3-9-32-21)17(27)11-25-19(28)14-4-2-5-16(26(30)31)18(14)20(25)29/h2,4-7,10H,3,8-9,11H2,1H3. The molecule has 2 aliphatic heterocycles. The molecule has 3 amide bonds. The van der Waals surface area contributed by atoms with Crippen LogP contribution in [-0.2, 0) is 4.79 Å². The van der Waals surface area contributed by atoms with Crippen LogP contribution in [0.25, 0.3) is 0 Å². The molecule has 0 saturated carbocycles. The summed E-state index contributed by atoms with van der Waals surface area (Å²) in [5, 5.41) is 12.3. The van der Waals surface area contributed by atoms with Gasteiger partial charge in [-0.25, -0.2) is 4.99 Å². The average molecular weight is 473 g/mol. The maximum Gasteiger partial charge on any atom is 0.282 e. The number of amidine groups is 1. The lowest BCUT2D eigenvalue weighted by molar-refractivity contribution is -0.385. The zero-order valence-corrected chi connectivity index (χ0v) is 18.5. The summed E-state index contributed by atoms with van der Waals surface area (Å²) in [6.07, 6.45) is 0.720. The summed E-state index contributed by atoms with van der Waals surface area (Å²) in [7, 11) is 0. The third-order valence-corrected chi connectivity index (χ3v) is 6.61. The minimum atomic E-state index is -0.848. The molecule has 0 bridgehead atoms. The SMILES string of the molecule is Cc1ccc(N=C2SCCCN2C(=O)CN2C(=O)c3cccc([N+](=O)[O-])c3C2=O)cc1Cl. The number of thioether (sulfide) groups is 1. The highest BCUT2D eigenvalue weighted by atomic mass is 35.5. The molecule has 2 aromatic rings. The lowest BCUT2D eigenvalue weighted by Crippen LogP contribution is -2.46. The first-order valence-corrected chi connectivity index (χ1v) is 11.1. The van der Waals surface area contributed by atoms with Gasteiger partial charge in [0.15, 0.2) is 5.17 Å². The lowest BCUT2D eigenvalue weighted by atomic mass is 10.1. The Morgan fingerprint density at radius 1 is 1.25 bits per heavy atom. The summed E-state index contributed by atoms with van der Waals surface area (Å²) in [5.74, 6) is -1.30. The molecule has 4 rings (SSSR count). The maximum atomic E-state index is 13.1. The molecule has 9 nitrogen and oxygen atoms in total. The Bertz CT molecular complexity index is 1200. The van der Waals surface area contributed by atoms with Gasteiger partial charge >= 0.3 is 0 Å². The Labute approximate surface area is 192 Å². The fourth-order valence-electron chi connectivity index (χ4n) is 3.48. The first kappa shape index (κ1) is 22.0. The van der Waals surface area contributed by atoms with E-state index in [9.17, 15) is 24.5 Å². The molecule has 0 N–H and O–H groups in total. The smallest absolute Gasteiger partial charge is 0.282 e. The van der Waals surface area contributed by atoms with Crippen LogP contribution < -0.4 is 0 Å². The number of nitro groups is 1. The highest BCUT2D eigenvalue weighted by Crippen LogP contribution is 2.31. The van der Waals surface area contributed by atoms with Crippen LogP contribution in [0.15, 0.2) is 41.4 Å². The topological polar surface area (TPSA) is 113 Å². The van der Waals surface area contributed by atoms with Crippen LogP contribution >= 0.6 is 23.4 Å². The molecule has 1 fully saturated rings. The Kier molecular flexibility index (Phi) is 5.98. The molecule has 2 aromatic carbocycles. The van der Waals surface area contributed by atoms with Crippen molar-refractivity contribution in [3.8, 4) is 0 Å². The van der Waals surface area contributed by atoms with Crippen LogP contribution in [0.2, 0.25) is 5.02 Å². The number of hydrogen-bond donors (Lipinski definition) is 0. The summed E-state index contributed by atoms with van der Waals surface area (Å²) >= 11 is 7.56. The summed E-state index contributed by atoms with van der Waals surface area (Å²) < 4.78 is 0. The van der Waals surface area contributed by atoms with Gasteiger partial charge in [0.05, 0.1) is 16.2 Å². The minimum absolute atomic E-state index is 0.0757. The van der Waals surface area contributed by atoms with E-state index in [2.05, 4.69) is 4.99 Å². The normalized spacial score (nSPS) is 17.1. The number of hydrogen-bond acceptors (Lipinski definition) is 7. The van der Waals surface area contributed by atoms with Crippen molar-refractivity contribution in [3.63, 3.8) is 0 Å². The van der Waals surface area contributed by atoms with Gasteiger partial charge in [0, 0.05) is 23.4 Å². The number of amides is 3. The number of fused-ring (bicyclic) bond motifs is 1.